The van der Waals surface area contributed by atoms with E-state index in [4.69, 9.17) is 9.47 Å². The number of hydrogen-bond donors (Lipinski definition) is 0. The van der Waals surface area contributed by atoms with Crippen LogP contribution < -0.4 is 0 Å². The number of amides is 1. The number of nitrogens with zero attached hydrogens (tertiary/aromatic N) is 1. The van der Waals surface area contributed by atoms with Crippen molar-refractivity contribution in [2.24, 2.45) is 17.8 Å². The average molecular weight is 476 g/mol. The molecule has 3 rings (SSSR count). The van der Waals surface area contributed by atoms with E-state index < -0.39 is 0 Å². The van der Waals surface area contributed by atoms with Crippen molar-refractivity contribution in [3.8, 4) is 0 Å². The fraction of sp³-hybridized carbons (Fsp3) is 0.862. The van der Waals surface area contributed by atoms with E-state index in [9.17, 15) is 9.59 Å². The average Bonchev–Trinajstić information content (AvgIpc) is 3.22. The molecule has 0 radical (unpaired) electrons. The zero-order valence-electron chi connectivity index (χ0n) is 21.8. The predicted molar refractivity (Wildman–Crippen MR) is 136 cm³/mol. The van der Waals surface area contributed by atoms with Gasteiger partial charge in [0.05, 0.1) is 24.7 Å². The van der Waals surface area contributed by atoms with Crippen LogP contribution in [0.25, 0.3) is 0 Å². The van der Waals surface area contributed by atoms with Crippen LogP contribution in [0.2, 0.25) is 0 Å². The van der Waals surface area contributed by atoms with Crippen LogP contribution in [-0.2, 0) is 19.1 Å². The summed E-state index contributed by atoms with van der Waals surface area (Å²) in [5.74, 6) is 1.06. The molecule has 0 spiro atoms. The lowest BCUT2D eigenvalue weighted by Gasteiger charge is -2.20. The lowest BCUT2D eigenvalue weighted by molar-refractivity contribution is -0.150. The van der Waals surface area contributed by atoms with Gasteiger partial charge in [0.25, 0.3) is 0 Å². The molecule has 5 heteroatoms. The van der Waals surface area contributed by atoms with E-state index in [-0.39, 0.29) is 17.8 Å². The standard InChI is InChI=1S/C29H49NO4/c1-3-4-5-6-8-11-14-26-27(34-26)15-12-9-7-10-13-16-28(31)30(2)19-20-33-29(32)25-22-23-17-18-24(25)21-23/h17-18,23-27H,3-16,19-22H2,1-2H3/t23-,24+,25+,26?,27?/m1/s1. The van der Waals surface area contributed by atoms with Gasteiger partial charge in [0, 0.05) is 13.5 Å². The summed E-state index contributed by atoms with van der Waals surface area (Å²) in [6.07, 6.45) is 24.5. The first kappa shape index (κ1) is 27.2. The fourth-order valence-electron chi connectivity index (χ4n) is 5.72. The highest BCUT2D eigenvalue weighted by Crippen LogP contribution is 2.43. The van der Waals surface area contributed by atoms with Gasteiger partial charge < -0.3 is 14.4 Å². The number of epoxide rings is 1. The highest BCUT2D eigenvalue weighted by atomic mass is 16.6. The third-order valence-corrected chi connectivity index (χ3v) is 8.09. The number of carbonyl (C=O) groups excluding carboxylic acids is 2. The monoisotopic (exact) mass is 475 g/mol. The molecule has 5 atom stereocenters. The van der Waals surface area contributed by atoms with E-state index in [1.807, 2.05) is 7.05 Å². The van der Waals surface area contributed by atoms with E-state index in [0.29, 0.717) is 43.6 Å². The third-order valence-electron chi connectivity index (χ3n) is 8.09. The summed E-state index contributed by atoms with van der Waals surface area (Å²) in [5.41, 5.74) is 0. The summed E-state index contributed by atoms with van der Waals surface area (Å²) < 4.78 is 11.3. The molecule has 2 unspecified atom stereocenters. The lowest BCUT2D eigenvalue weighted by atomic mass is 9.94. The Kier molecular flexibility index (Phi) is 11.9. The smallest absolute Gasteiger partial charge is 0.309 e. The van der Waals surface area contributed by atoms with E-state index in [2.05, 4.69) is 19.1 Å². The van der Waals surface area contributed by atoms with Crippen molar-refractivity contribution < 1.29 is 19.1 Å². The van der Waals surface area contributed by atoms with Crippen LogP contribution in [0.5, 0.6) is 0 Å². The van der Waals surface area contributed by atoms with Crippen LogP contribution in [0.15, 0.2) is 12.2 Å². The van der Waals surface area contributed by atoms with Crippen LogP contribution in [0.1, 0.15) is 110 Å². The number of hydrogen-bond acceptors (Lipinski definition) is 4. The number of esters is 1. The fourth-order valence-corrected chi connectivity index (χ4v) is 5.72. The van der Waals surface area contributed by atoms with Gasteiger partial charge >= 0.3 is 5.97 Å². The van der Waals surface area contributed by atoms with Gasteiger partial charge in [-0.2, -0.15) is 0 Å². The maximum absolute atomic E-state index is 12.3. The number of fused-ring (bicyclic) bond motifs is 2. The number of allylic oxidation sites excluding steroid dienone is 2. The quantitative estimate of drug-likeness (QED) is 0.0932. The van der Waals surface area contributed by atoms with Crippen molar-refractivity contribution in [2.75, 3.05) is 20.2 Å². The zero-order valence-corrected chi connectivity index (χ0v) is 21.8. The molecule has 34 heavy (non-hydrogen) atoms. The molecule has 3 aliphatic rings. The SMILES string of the molecule is CCCCCCCCC1OC1CCCCCCCC(=O)N(C)CCOC(=O)[C@H]1C[C@@H]2C=C[C@H]1C2. The number of ether oxygens (including phenoxy) is 2. The highest BCUT2D eigenvalue weighted by molar-refractivity contribution is 5.76. The van der Waals surface area contributed by atoms with E-state index in [1.165, 1.54) is 70.6 Å². The summed E-state index contributed by atoms with van der Waals surface area (Å²) in [6.45, 7) is 3.06. The summed E-state index contributed by atoms with van der Waals surface area (Å²) in [7, 11) is 1.81. The minimum absolute atomic E-state index is 0.0358. The van der Waals surface area contributed by atoms with Crippen LogP contribution >= 0.6 is 0 Å². The minimum atomic E-state index is -0.0805. The number of unbranched alkanes of at least 4 members (excludes halogenated alkanes) is 9. The second-order valence-corrected chi connectivity index (χ2v) is 10.9. The first-order valence-corrected chi connectivity index (χ1v) is 14.3. The van der Waals surface area contributed by atoms with Crippen molar-refractivity contribution in [2.45, 2.75) is 122 Å². The Balaban J connectivity index is 1.08. The topological polar surface area (TPSA) is 59.1 Å². The maximum Gasteiger partial charge on any atom is 0.309 e. The molecule has 0 N–H and O–H groups in total. The molecular weight excluding hydrogens is 426 g/mol. The molecule has 1 aliphatic heterocycles. The van der Waals surface area contributed by atoms with Gasteiger partial charge in [0.1, 0.15) is 6.61 Å². The minimum Gasteiger partial charge on any atom is -0.464 e. The molecule has 2 bridgehead atoms. The van der Waals surface area contributed by atoms with Gasteiger partial charge in [-0.15, -0.1) is 0 Å². The summed E-state index contributed by atoms with van der Waals surface area (Å²) in [5, 5.41) is 0. The van der Waals surface area contributed by atoms with Crippen molar-refractivity contribution in [1.29, 1.82) is 0 Å². The molecule has 0 aromatic rings. The van der Waals surface area contributed by atoms with Gasteiger partial charge in [0.15, 0.2) is 0 Å². The van der Waals surface area contributed by atoms with E-state index in [0.717, 1.165) is 25.7 Å². The van der Waals surface area contributed by atoms with Crippen molar-refractivity contribution >= 4 is 11.9 Å². The number of carbonyl (C=O) groups is 2. The van der Waals surface area contributed by atoms with Crippen LogP contribution in [0, 0.1) is 17.8 Å². The zero-order chi connectivity index (χ0) is 24.2. The van der Waals surface area contributed by atoms with Crippen LogP contribution in [0.3, 0.4) is 0 Å². The molecular formula is C29H49NO4. The molecule has 0 aromatic carbocycles. The third kappa shape index (κ3) is 9.36. The first-order chi connectivity index (χ1) is 16.6. The number of likely N-dealkylation sites (N-methyl/N-ethyl adjacent to an activating group) is 1. The number of rotatable bonds is 19. The van der Waals surface area contributed by atoms with Crippen LogP contribution in [0.4, 0.5) is 0 Å². The van der Waals surface area contributed by atoms with Gasteiger partial charge in [-0.05, 0) is 43.9 Å². The predicted octanol–water partition coefficient (Wildman–Crippen LogP) is 6.45. The van der Waals surface area contributed by atoms with Gasteiger partial charge in [-0.25, -0.2) is 0 Å². The molecule has 0 aromatic heterocycles. The summed E-state index contributed by atoms with van der Waals surface area (Å²) >= 11 is 0. The van der Waals surface area contributed by atoms with E-state index >= 15 is 0 Å². The van der Waals surface area contributed by atoms with Gasteiger partial charge in [-0.1, -0.05) is 83.3 Å². The summed E-state index contributed by atoms with van der Waals surface area (Å²) in [6, 6.07) is 0. The van der Waals surface area contributed by atoms with Crippen molar-refractivity contribution in [3.05, 3.63) is 12.2 Å². The molecule has 2 aliphatic carbocycles. The first-order valence-electron chi connectivity index (χ1n) is 14.3. The van der Waals surface area contributed by atoms with Gasteiger partial charge in [-0.3, -0.25) is 9.59 Å². The highest BCUT2D eigenvalue weighted by Gasteiger charge is 2.40. The van der Waals surface area contributed by atoms with Crippen molar-refractivity contribution in [1.82, 2.24) is 4.90 Å². The lowest BCUT2D eigenvalue weighted by Crippen LogP contribution is -2.31. The van der Waals surface area contributed by atoms with E-state index in [1.54, 1.807) is 4.90 Å². The molecule has 2 fully saturated rings. The molecule has 1 saturated heterocycles. The Bertz CT molecular complexity index is 648. The molecule has 5 nitrogen and oxygen atoms in total. The Morgan fingerprint density at radius 3 is 2.15 bits per heavy atom. The molecule has 1 saturated carbocycles. The van der Waals surface area contributed by atoms with Crippen LogP contribution in [-0.4, -0.2) is 49.2 Å². The second kappa shape index (κ2) is 14.9. The largest absolute Gasteiger partial charge is 0.464 e. The molecule has 1 heterocycles. The Morgan fingerprint density at radius 2 is 1.53 bits per heavy atom. The maximum atomic E-state index is 12.3. The second-order valence-electron chi connectivity index (χ2n) is 10.9. The van der Waals surface area contributed by atoms with Gasteiger partial charge in [0.2, 0.25) is 5.91 Å². The Morgan fingerprint density at radius 1 is 0.882 bits per heavy atom. The van der Waals surface area contributed by atoms with Crippen molar-refractivity contribution in [3.63, 3.8) is 0 Å². The summed E-state index contributed by atoms with van der Waals surface area (Å²) in [4.78, 5) is 26.3. The Hall–Kier alpha value is -1.36. The molecule has 194 valence electrons. The molecule has 1 amide bonds. The normalized spacial score (nSPS) is 26.7. The Labute approximate surface area is 208 Å².